The zero-order chi connectivity index (χ0) is 20.9. The predicted molar refractivity (Wildman–Crippen MR) is 112 cm³/mol. The van der Waals surface area contributed by atoms with Gasteiger partial charge >= 0.3 is 0 Å². The van der Waals surface area contributed by atoms with Crippen LogP contribution in [0.1, 0.15) is 24.5 Å². The fraction of sp³-hybridized carbons (Fsp3) is 0.350. The molecule has 0 bridgehead atoms. The lowest BCUT2D eigenvalue weighted by molar-refractivity contribution is -0.122. The number of nitrogens with one attached hydrogen (secondary N) is 1. The average molecular weight is 425 g/mol. The van der Waals surface area contributed by atoms with E-state index in [4.69, 9.17) is 16.3 Å². The van der Waals surface area contributed by atoms with Crippen molar-refractivity contribution >= 4 is 33.2 Å². The SMILES string of the molecule is CC[C@H](C(=O)NCc1ccccc1OC)N(c1ccc(C)c(Cl)c1)S(C)(=O)=O. The van der Waals surface area contributed by atoms with Crippen LogP contribution in [-0.2, 0) is 21.4 Å². The standard InChI is InChI=1S/C20H25ClN2O4S/c1-5-18(20(24)22-13-15-8-6-7-9-19(15)27-3)23(28(4,25)26)16-11-10-14(2)17(21)12-16/h6-12,18H,5,13H2,1-4H3,(H,22,24)/t18-/m1/s1. The second-order valence-corrected chi connectivity index (χ2v) is 8.71. The van der Waals surface area contributed by atoms with E-state index in [1.54, 1.807) is 38.3 Å². The molecule has 8 heteroatoms. The summed E-state index contributed by atoms with van der Waals surface area (Å²) in [7, 11) is -2.15. The molecule has 0 radical (unpaired) electrons. The molecule has 0 aliphatic heterocycles. The van der Waals surface area contributed by atoms with Gasteiger partial charge in [0.15, 0.2) is 0 Å². The number of rotatable bonds is 8. The van der Waals surface area contributed by atoms with Gasteiger partial charge in [-0.05, 0) is 37.1 Å². The normalized spacial score (nSPS) is 12.3. The Labute approximate surface area is 171 Å². The summed E-state index contributed by atoms with van der Waals surface area (Å²) < 4.78 is 31.4. The maximum absolute atomic E-state index is 12.9. The molecule has 0 unspecified atom stereocenters. The van der Waals surface area contributed by atoms with Gasteiger partial charge in [-0.1, -0.05) is 42.8 Å². The van der Waals surface area contributed by atoms with Gasteiger partial charge in [-0.3, -0.25) is 9.10 Å². The lowest BCUT2D eigenvalue weighted by Gasteiger charge is -2.30. The molecule has 0 aliphatic carbocycles. The molecule has 0 saturated carbocycles. The van der Waals surface area contributed by atoms with Gasteiger partial charge in [0.2, 0.25) is 15.9 Å². The average Bonchev–Trinajstić information content (AvgIpc) is 2.65. The minimum Gasteiger partial charge on any atom is -0.496 e. The zero-order valence-corrected chi connectivity index (χ0v) is 18.0. The number of sulfonamides is 1. The van der Waals surface area contributed by atoms with Crippen molar-refractivity contribution in [1.29, 1.82) is 0 Å². The molecule has 1 N–H and O–H groups in total. The van der Waals surface area contributed by atoms with Crippen LogP contribution in [0.2, 0.25) is 5.02 Å². The number of hydrogen-bond acceptors (Lipinski definition) is 4. The van der Waals surface area contributed by atoms with Crippen molar-refractivity contribution in [3.05, 3.63) is 58.6 Å². The monoisotopic (exact) mass is 424 g/mol. The lowest BCUT2D eigenvalue weighted by atomic mass is 10.1. The Balaban J connectivity index is 2.30. The molecule has 2 rings (SSSR count). The zero-order valence-electron chi connectivity index (χ0n) is 16.4. The van der Waals surface area contributed by atoms with Crippen molar-refractivity contribution in [1.82, 2.24) is 5.32 Å². The number of halogens is 1. The van der Waals surface area contributed by atoms with E-state index < -0.39 is 22.0 Å². The van der Waals surface area contributed by atoms with Crippen LogP contribution in [0.5, 0.6) is 5.75 Å². The summed E-state index contributed by atoms with van der Waals surface area (Å²) in [5, 5.41) is 3.26. The van der Waals surface area contributed by atoms with Gasteiger partial charge < -0.3 is 10.1 Å². The van der Waals surface area contributed by atoms with Crippen LogP contribution < -0.4 is 14.4 Å². The number of ether oxygens (including phenoxy) is 1. The Kier molecular flexibility index (Phi) is 7.32. The number of carbonyl (C=O) groups excluding carboxylic acids is 1. The van der Waals surface area contributed by atoms with Crippen molar-refractivity contribution < 1.29 is 17.9 Å². The Morgan fingerprint density at radius 3 is 2.50 bits per heavy atom. The first kappa shape index (κ1) is 22.0. The first-order valence-electron chi connectivity index (χ1n) is 8.84. The smallest absolute Gasteiger partial charge is 0.244 e. The van der Waals surface area contributed by atoms with Gasteiger partial charge in [-0.25, -0.2) is 8.42 Å². The molecule has 2 aromatic carbocycles. The summed E-state index contributed by atoms with van der Waals surface area (Å²) in [6, 6.07) is 11.4. The third-order valence-corrected chi connectivity index (χ3v) is 5.97. The molecule has 0 aliphatic rings. The molecule has 0 saturated heterocycles. The lowest BCUT2D eigenvalue weighted by Crippen LogP contribution is -2.49. The first-order chi connectivity index (χ1) is 13.2. The Morgan fingerprint density at radius 1 is 1.25 bits per heavy atom. The second-order valence-electron chi connectivity index (χ2n) is 6.45. The van der Waals surface area contributed by atoms with Crippen LogP contribution >= 0.6 is 11.6 Å². The summed E-state index contributed by atoms with van der Waals surface area (Å²) in [6.45, 7) is 3.82. The predicted octanol–water partition coefficient (Wildman–Crippen LogP) is 3.52. The van der Waals surface area contributed by atoms with Crippen molar-refractivity contribution in [2.24, 2.45) is 0 Å². The summed E-state index contributed by atoms with van der Waals surface area (Å²) in [5.41, 5.74) is 1.99. The van der Waals surface area contributed by atoms with E-state index in [-0.39, 0.29) is 6.54 Å². The quantitative estimate of drug-likeness (QED) is 0.703. The van der Waals surface area contributed by atoms with Crippen LogP contribution in [-0.4, -0.2) is 33.7 Å². The molecule has 0 heterocycles. The van der Waals surface area contributed by atoms with E-state index in [9.17, 15) is 13.2 Å². The molecular weight excluding hydrogens is 400 g/mol. The third-order valence-electron chi connectivity index (χ3n) is 4.39. The van der Waals surface area contributed by atoms with Crippen molar-refractivity contribution in [3.8, 4) is 5.75 Å². The van der Waals surface area contributed by atoms with Crippen LogP contribution in [0.3, 0.4) is 0 Å². The molecule has 0 fully saturated rings. The van der Waals surface area contributed by atoms with E-state index in [2.05, 4.69) is 5.32 Å². The van der Waals surface area contributed by atoms with Gasteiger partial charge in [-0.15, -0.1) is 0 Å². The maximum atomic E-state index is 12.9. The van der Waals surface area contributed by atoms with E-state index in [0.29, 0.717) is 22.9 Å². The number of amides is 1. The van der Waals surface area contributed by atoms with E-state index in [1.807, 2.05) is 25.1 Å². The number of benzene rings is 2. The number of anilines is 1. The van der Waals surface area contributed by atoms with E-state index >= 15 is 0 Å². The summed E-state index contributed by atoms with van der Waals surface area (Å²) in [5.74, 6) is 0.261. The highest BCUT2D eigenvalue weighted by Crippen LogP contribution is 2.27. The molecule has 0 spiro atoms. The minimum absolute atomic E-state index is 0.228. The number of carbonyl (C=O) groups is 1. The molecule has 2 aromatic rings. The first-order valence-corrected chi connectivity index (χ1v) is 11.1. The number of aryl methyl sites for hydroxylation is 1. The highest BCUT2D eigenvalue weighted by Gasteiger charge is 2.31. The Hall–Kier alpha value is -2.25. The van der Waals surface area contributed by atoms with E-state index in [0.717, 1.165) is 21.7 Å². The Morgan fingerprint density at radius 2 is 1.93 bits per heavy atom. The van der Waals surface area contributed by atoms with Crippen LogP contribution in [0.4, 0.5) is 5.69 Å². The van der Waals surface area contributed by atoms with Crippen LogP contribution in [0.15, 0.2) is 42.5 Å². The highest BCUT2D eigenvalue weighted by atomic mass is 35.5. The minimum atomic E-state index is -3.71. The fourth-order valence-electron chi connectivity index (χ4n) is 2.93. The van der Waals surface area contributed by atoms with Gasteiger partial charge in [-0.2, -0.15) is 0 Å². The van der Waals surface area contributed by atoms with Gasteiger partial charge in [0.25, 0.3) is 0 Å². The molecule has 1 atom stereocenters. The molecule has 28 heavy (non-hydrogen) atoms. The molecular formula is C20H25ClN2O4S. The van der Waals surface area contributed by atoms with E-state index in [1.165, 1.54) is 0 Å². The Bertz CT molecular complexity index is 947. The van der Waals surface area contributed by atoms with Crippen molar-refractivity contribution in [3.63, 3.8) is 0 Å². The number of hydrogen-bond donors (Lipinski definition) is 1. The van der Waals surface area contributed by atoms with Gasteiger partial charge in [0.1, 0.15) is 11.8 Å². The summed E-state index contributed by atoms with van der Waals surface area (Å²) in [4.78, 5) is 12.9. The molecule has 6 nitrogen and oxygen atoms in total. The number of para-hydroxylation sites is 1. The molecule has 0 aromatic heterocycles. The van der Waals surface area contributed by atoms with Crippen LogP contribution in [0, 0.1) is 6.92 Å². The number of methoxy groups -OCH3 is 1. The second kappa shape index (κ2) is 9.30. The number of nitrogens with zero attached hydrogens (tertiary/aromatic N) is 1. The van der Waals surface area contributed by atoms with Crippen molar-refractivity contribution in [2.45, 2.75) is 32.9 Å². The fourth-order valence-corrected chi connectivity index (χ4v) is 4.31. The van der Waals surface area contributed by atoms with Gasteiger partial charge in [0, 0.05) is 17.1 Å². The maximum Gasteiger partial charge on any atom is 0.244 e. The third kappa shape index (κ3) is 5.17. The largest absolute Gasteiger partial charge is 0.496 e. The topological polar surface area (TPSA) is 75.7 Å². The van der Waals surface area contributed by atoms with Crippen molar-refractivity contribution in [2.75, 3.05) is 17.7 Å². The van der Waals surface area contributed by atoms with Crippen LogP contribution in [0.25, 0.3) is 0 Å². The molecule has 152 valence electrons. The summed E-state index contributed by atoms with van der Waals surface area (Å²) in [6.07, 6.45) is 1.38. The van der Waals surface area contributed by atoms with Gasteiger partial charge in [0.05, 0.1) is 19.1 Å². The highest BCUT2D eigenvalue weighted by molar-refractivity contribution is 7.92. The summed E-state index contributed by atoms with van der Waals surface area (Å²) >= 11 is 6.17. The molecule has 1 amide bonds.